The lowest BCUT2D eigenvalue weighted by Crippen LogP contribution is -2.35. The largest absolute Gasteiger partial charge is 0.395 e. The van der Waals surface area contributed by atoms with Gasteiger partial charge in [-0.2, -0.15) is 4.31 Å². The van der Waals surface area contributed by atoms with Crippen LogP contribution >= 0.6 is 0 Å². The molecule has 0 heterocycles. The predicted octanol–water partition coefficient (Wildman–Crippen LogP) is -0.388. The highest BCUT2D eigenvalue weighted by Crippen LogP contribution is 2.28. The first-order valence-electron chi connectivity index (χ1n) is 6.06. The van der Waals surface area contributed by atoms with Crippen molar-refractivity contribution in [2.45, 2.75) is 4.90 Å². The van der Waals surface area contributed by atoms with Crippen LogP contribution in [0.1, 0.15) is 0 Å². The van der Waals surface area contributed by atoms with Crippen molar-refractivity contribution in [2.75, 3.05) is 38.7 Å². The van der Waals surface area contributed by atoms with E-state index >= 15 is 0 Å². The molecule has 0 fully saturated rings. The number of nitro groups is 1. The number of rotatable bonds is 8. The van der Waals surface area contributed by atoms with Gasteiger partial charge in [0, 0.05) is 26.2 Å². The van der Waals surface area contributed by atoms with E-state index in [9.17, 15) is 18.5 Å². The zero-order valence-corrected chi connectivity index (χ0v) is 12.2. The Balaban J connectivity index is 3.30. The van der Waals surface area contributed by atoms with Gasteiger partial charge in [0.15, 0.2) is 0 Å². The van der Waals surface area contributed by atoms with E-state index in [-0.39, 0.29) is 29.4 Å². The number of nitrogens with one attached hydrogen (secondary N) is 1. The van der Waals surface area contributed by atoms with E-state index in [1.54, 1.807) is 0 Å². The summed E-state index contributed by atoms with van der Waals surface area (Å²) in [5.41, 5.74) is -0.179. The predicted molar refractivity (Wildman–Crippen MR) is 75.6 cm³/mol. The summed E-state index contributed by atoms with van der Waals surface area (Å²) in [6, 6.07) is 3.47. The van der Waals surface area contributed by atoms with Gasteiger partial charge >= 0.3 is 0 Å². The third kappa shape index (κ3) is 3.88. The Morgan fingerprint density at radius 2 is 1.86 bits per heavy atom. The highest BCUT2D eigenvalue weighted by molar-refractivity contribution is 7.89. The molecule has 0 saturated carbocycles. The lowest BCUT2D eigenvalue weighted by Gasteiger charge is -2.20. The van der Waals surface area contributed by atoms with Crippen molar-refractivity contribution in [2.24, 2.45) is 0 Å². The minimum atomic E-state index is -4.03. The van der Waals surface area contributed by atoms with Gasteiger partial charge in [-0.05, 0) is 12.1 Å². The molecule has 0 radical (unpaired) electrons. The van der Waals surface area contributed by atoms with Crippen molar-refractivity contribution < 1.29 is 23.6 Å². The Morgan fingerprint density at radius 3 is 2.29 bits per heavy atom. The Kier molecular flexibility index (Phi) is 6.03. The van der Waals surface area contributed by atoms with Crippen LogP contribution in [-0.4, -0.2) is 61.2 Å². The maximum atomic E-state index is 12.3. The first-order chi connectivity index (χ1) is 9.88. The van der Waals surface area contributed by atoms with Crippen molar-refractivity contribution in [3.8, 4) is 0 Å². The lowest BCUT2D eigenvalue weighted by molar-refractivity contribution is -0.384. The zero-order chi connectivity index (χ0) is 16.0. The molecule has 9 nitrogen and oxygen atoms in total. The second-order valence-corrected chi connectivity index (χ2v) is 5.98. The molecule has 118 valence electrons. The fraction of sp³-hybridized carbons (Fsp3) is 0.455. The third-order valence-electron chi connectivity index (χ3n) is 2.77. The SMILES string of the molecule is CNc1ccc(S(=O)(=O)N(CCO)CCO)cc1[N+](=O)[O-]. The number of nitrogens with zero attached hydrogens (tertiary/aromatic N) is 2. The smallest absolute Gasteiger partial charge is 0.293 e. The number of hydrogen-bond acceptors (Lipinski definition) is 7. The molecule has 0 amide bonds. The average Bonchev–Trinajstić information content (AvgIpc) is 2.46. The molecular formula is C11H17N3O6S. The third-order valence-corrected chi connectivity index (χ3v) is 4.67. The molecule has 0 aliphatic rings. The van der Waals surface area contributed by atoms with Crippen LogP contribution in [0.4, 0.5) is 11.4 Å². The standard InChI is InChI=1S/C11H17N3O6S/c1-12-10-3-2-9(8-11(10)14(17)18)21(19,20)13(4-6-15)5-7-16/h2-3,8,12,15-16H,4-7H2,1H3. The van der Waals surface area contributed by atoms with Crippen LogP contribution in [0.2, 0.25) is 0 Å². The minimum Gasteiger partial charge on any atom is -0.395 e. The van der Waals surface area contributed by atoms with Crippen molar-refractivity contribution in [1.29, 1.82) is 0 Å². The summed E-state index contributed by atoms with van der Waals surface area (Å²) in [6.07, 6.45) is 0. The van der Waals surface area contributed by atoms with Crippen LogP contribution in [0.25, 0.3) is 0 Å². The van der Waals surface area contributed by atoms with Crippen molar-refractivity contribution in [3.63, 3.8) is 0 Å². The average molecular weight is 319 g/mol. The lowest BCUT2D eigenvalue weighted by atomic mass is 10.3. The second kappa shape index (κ2) is 7.31. The number of anilines is 1. The molecule has 0 aromatic heterocycles. The highest BCUT2D eigenvalue weighted by Gasteiger charge is 2.26. The molecule has 3 N–H and O–H groups in total. The minimum absolute atomic E-state index is 0.190. The first kappa shape index (κ1) is 17.3. The number of hydrogen-bond donors (Lipinski definition) is 3. The molecule has 1 aromatic carbocycles. The molecule has 0 saturated heterocycles. The molecule has 10 heteroatoms. The topological polar surface area (TPSA) is 133 Å². The van der Waals surface area contributed by atoms with Crippen LogP contribution in [-0.2, 0) is 10.0 Å². The summed E-state index contributed by atoms with van der Waals surface area (Å²) < 4.78 is 25.6. The summed E-state index contributed by atoms with van der Waals surface area (Å²) >= 11 is 0. The summed E-state index contributed by atoms with van der Waals surface area (Å²) in [6.45, 7) is -1.25. The van der Waals surface area contributed by atoms with Gasteiger partial charge in [-0.1, -0.05) is 0 Å². The fourth-order valence-electron chi connectivity index (χ4n) is 1.76. The number of aliphatic hydroxyl groups excluding tert-OH is 2. The van der Waals surface area contributed by atoms with E-state index in [0.717, 1.165) is 10.4 Å². The van der Waals surface area contributed by atoms with Gasteiger partial charge in [0.1, 0.15) is 5.69 Å². The molecule has 21 heavy (non-hydrogen) atoms. The van der Waals surface area contributed by atoms with Crippen molar-refractivity contribution in [1.82, 2.24) is 4.31 Å². The Bertz CT molecular complexity index is 598. The van der Waals surface area contributed by atoms with Crippen LogP contribution in [0.5, 0.6) is 0 Å². The Morgan fingerprint density at radius 1 is 1.29 bits per heavy atom. The van der Waals surface area contributed by atoms with E-state index in [1.807, 2.05) is 0 Å². The van der Waals surface area contributed by atoms with Crippen LogP contribution in [0.3, 0.4) is 0 Å². The van der Waals surface area contributed by atoms with Gasteiger partial charge in [0.25, 0.3) is 5.69 Å². The number of aliphatic hydroxyl groups is 2. The monoisotopic (exact) mass is 319 g/mol. The van der Waals surface area contributed by atoms with Crippen LogP contribution in [0.15, 0.2) is 23.1 Å². The maximum Gasteiger partial charge on any atom is 0.293 e. The molecule has 0 spiro atoms. The maximum absolute atomic E-state index is 12.3. The Hall–Kier alpha value is -1.75. The normalized spacial score (nSPS) is 11.6. The number of sulfonamides is 1. The molecular weight excluding hydrogens is 302 g/mol. The number of nitro benzene ring substituents is 1. The van der Waals surface area contributed by atoms with Crippen molar-refractivity contribution >= 4 is 21.4 Å². The van der Waals surface area contributed by atoms with Crippen molar-refractivity contribution in [3.05, 3.63) is 28.3 Å². The van der Waals surface area contributed by atoms with Crippen LogP contribution < -0.4 is 5.32 Å². The van der Waals surface area contributed by atoms with Gasteiger partial charge < -0.3 is 15.5 Å². The van der Waals surface area contributed by atoms with E-state index in [1.165, 1.54) is 19.2 Å². The fourth-order valence-corrected chi connectivity index (χ4v) is 3.20. The van der Waals surface area contributed by atoms with E-state index in [4.69, 9.17) is 10.2 Å². The Labute approximate surface area is 122 Å². The second-order valence-electron chi connectivity index (χ2n) is 4.04. The van der Waals surface area contributed by atoms with Gasteiger partial charge in [-0.25, -0.2) is 8.42 Å². The van der Waals surface area contributed by atoms with Gasteiger partial charge in [0.2, 0.25) is 10.0 Å². The molecule has 0 aliphatic carbocycles. The van der Waals surface area contributed by atoms with Gasteiger partial charge in [-0.15, -0.1) is 0 Å². The first-order valence-corrected chi connectivity index (χ1v) is 7.50. The molecule has 0 unspecified atom stereocenters. The summed E-state index contributed by atoms with van der Waals surface area (Å²) in [5, 5.41) is 31.3. The van der Waals surface area contributed by atoms with E-state index < -0.39 is 28.2 Å². The molecule has 0 aliphatic heterocycles. The molecule has 1 aromatic rings. The van der Waals surface area contributed by atoms with Gasteiger partial charge in [-0.3, -0.25) is 10.1 Å². The quantitative estimate of drug-likeness (QED) is 0.439. The summed E-state index contributed by atoms with van der Waals surface area (Å²) in [7, 11) is -2.54. The van der Waals surface area contributed by atoms with Crippen LogP contribution in [0, 0.1) is 10.1 Å². The summed E-state index contributed by atoms with van der Waals surface area (Å²) in [4.78, 5) is 10.0. The zero-order valence-electron chi connectivity index (χ0n) is 11.4. The van der Waals surface area contributed by atoms with E-state index in [0.29, 0.717) is 0 Å². The molecule has 0 bridgehead atoms. The summed E-state index contributed by atoms with van der Waals surface area (Å²) in [5.74, 6) is 0. The number of benzene rings is 1. The van der Waals surface area contributed by atoms with Gasteiger partial charge in [0.05, 0.1) is 23.0 Å². The van der Waals surface area contributed by atoms with E-state index in [2.05, 4.69) is 5.32 Å². The molecule has 0 atom stereocenters. The molecule has 1 rings (SSSR count). The highest BCUT2D eigenvalue weighted by atomic mass is 32.2.